The molecule has 0 aliphatic rings. The lowest BCUT2D eigenvalue weighted by atomic mass is 10.1. The van der Waals surface area contributed by atoms with Crippen molar-refractivity contribution in [2.45, 2.75) is 20.1 Å². The molecule has 0 bridgehead atoms. The number of aromatic nitrogens is 3. The van der Waals surface area contributed by atoms with Gasteiger partial charge in [0.15, 0.2) is 5.82 Å². The van der Waals surface area contributed by atoms with Crippen molar-refractivity contribution in [2.75, 3.05) is 5.32 Å². The first-order valence-electron chi connectivity index (χ1n) is 7.69. The van der Waals surface area contributed by atoms with E-state index in [1.807, 2.05) is 29.7 Å². The summed E-state index contributed by atoms with van der Waals surface area (Å²) >= 11 is 5.96. The molecule has 3 rings (SSSR count). The van der Waals surface area contributed by atoms with Gasteiger partial charge in [-0.25, -0.2) is 4.98 Å². The Kier molecular flexibility index (Phi) is 5.11. The van der Waals surface area contributed by atoms with E-state index < -0.39 is 0 Å². The molecular formula is C18H17ClN4O2. The molecule has 0 spiro atoms. The number of nitrogens with zero attached hydrogens (tertiary/aromatic N) is 3. The zero-order valence-corrected chi connectivity index (χ0v) is 14.4. The van der Waals surface area contributed by atoms with Crippen LogP contribution in [0.4, 0.5) is 5.82 Å². The number of hydrogen-bond acceptors (Lipinski definition) is 4. The van der Waals surface area contributed by atoms with E-state index in [0.717, 1.165) is 5.56 Å². The number of halogens is 1. The summed E-state index contributed by atoms with van der Waals surface area (Å²) in [5.41, 5.74) is 2.99. The lowest BCUT2D eigenvalue weighted by Gasteiger charge is -2.05. The summed E-state index contributed by atoms with van der Waals surface area (Å²) in [7, 11) is 0. The highest BCUT2D eigenvalue weighted by Gasteiger charge is 2.11. The Bertz CT molecular complexity index is 908. The smallest absolute Gasteiger partial charge is 0.258 e. The average Bonchev–Trinajstić information content (AvgIpc) is 3.01. The van der Waals surface area contributed by atoms with Crippen molar-refractivity contribution in [3.8, 4) is 0 Å². The highest BCUT2D eigenvalue weighted by Crippen LogP contribution is 2.16. The zero-order chi connectivity index (χ0) is 17.8. The number of anilines is 1. The van der Waals surface area contributed by atoms with Crippen LogP contribution in [0, 0.1) is 6.92 Å². The molecule has 2 heterocycles. The van der Waals surface area contributed by atoms with Gasteiger partial charge in [-0.3, -0.25) is 9.78 Å². The molecule has 2 N–H and O–H groups in total. The van der Waals surface area contributed by atoms with Gasteiger partial charge in [-0.2, -0.15) is 0 Å². The van der Waals surface area contributed by atoms with E-state index in [0.29, 0.717) is 23.6 Å². The SMILES string of the molecule is Cc1cccc(Cn2cnc(NC(=O)c3cnc(CO)c(Cl)c3)c2)c1. The number of nitrogens with one attached hydrogen (secondary N) is 1. The maximum Gasteiger partial charge on any atom is 0.258 e. The summed E-state index contributed by atoms with van der Waals surface area (Å²) < 4.78 is 1.89. The summed E-state index contributed by atoms with van der Waals surface area (Å²) in [4.78, 5) is 20.4. The van der Waals surface area contributed by atoms with E-state index in [2.05, 4.69) is 21.4 Å². The van der Waals surface area contributed by atoms with E-state index in [9.17, 15) is 4.79 Å². The molecule has 0 saturated heterocycles. The number of aryl methyl sites for hydroxylation is 1. The number of carbonyl (C=O) groups excluding carboxylic acids is 1. The van der Waals surface area contributed by atoms with E-state index in [-0.39, 0.29) is 17.5 Å². The Labute approximate surface area is 150 Å². The molecule has 0 saturated carbocycles. The second-order valence-corrected chi connectivity index (χ2v) is 6.09. The van der Waals surface area contributed by atoms with Crippen LogP contribution in [0.2, 0.25) is 5.02 Å². The molecule has 7 heteroatoms. The minimum absolute atomic E-state index is 0.250. The molecule has 0 fully saturated rings. The van der Waals surface area contributed by atoms with Crippen LogP contribution in [-0.2, 0) is 13.2 Å². The minimum Gasteiger partial charge on any atom is -0.390 e. The maximum absolute atomic E-state index is 12.3. The van der Waals surface area contributed by atoms with Crippen molar-refractivity contribution in [3.05, 3.63) is 76.5 Å². The molecule has 0 radical (unpaired) electrons. The van der Waals surface area contributed by atoms with Gasteiger partial charge in [0, 0.05) is 18.9 Å². The van der Waals surface area contributed by atoms with Crippen LogP contribution in [0.5, 0.6) is 0 Å². The van der Waals surface area contributed by atoms with E-state index in [4.69, 9.17) is 16.7 Å². The first kappa shape index (κ1) is 17.1. The number of aliphatic hydroxyl groups excluding tert-OH is 1. The number of hydrogen-bond donors (Lipinski definition) is 2. The van der Waals surface area contributed by atoms with Crippen LogP contribution >= 0.6 is 11.6 Å². The molecule has 25 heavy (non-hydrogen) atoms. The van der Waals surface area contributed by atoms with Crippen LogP contribution in [0.1, 0.15) is 27.2 Å². The fraction of sp³-hybridized carbons (Fsp3) is 0.167. The Morgan fingerprint density at radius 1 is 1.32 bits per heavy atom. The molecule has 1 aromatic carbocycles. The first-order valence-corrected chi connectivity index (χ1v) is 8.07. The van der Waals surface area contributed by atoms with Gasteiger partial charge >= 0.3 is 0 Å². The Morgan fingerprint density at radius 3 is 2.88 bits per heavy atom. The van der Waals surface area contributed by atoms with Gasteiger partial charge in [-0.1, -0.05) is 41.4 Å². The topological polar surface area (TPSA) is 80.0 Å². The normalized spacial score (nSPS) is 10.7. The Balaban J connectivity index is 1.68. The van der Waals surface area contributed by atoms with Gasteiger partial charge in [-0.05, 0) is 18.6 Å². The van der Waals surface area contributed by atoms with Gasteiger partial charge in [0.2, 0.25) is 0 Å². The molecule has 6 nitrogen and oxygen atoms in total. The zero-order valence-electron chi connectivity index (χ0n) is 13.6. The molecule has 0 aliphatic carbocycles. The third-order valence-electron chi connectivity index (χ3n) is 3.65. The predicted octanol–water partition coefficient (Wildman–Crippen LogP) is 3.03. The van der Waals surface area contributed by atoms with Gasteiger partial charge < -0.3 is 15.0 Å². The summed E-state index contributed by atoms with van der Waals surface area (Å²) in [5.74, 6) is 0.0831. The molecule has 3 aromatic rings. The number of imidazole rings is 1. The third kappa shape index (κ3) is 4.23. The summed E-state index contributed by atoms with van der Waals surface area (Å²) in [6.45, 7) is 2.44. The average molecular weight is 357 g/mol. The number of benzene rings is 1. The second kappa shape index (κ2) is 7.46. The highest BCUT2D eigenvalue weighted by molar-refractivity contribution is 6.31. The van der Waals surface area contributed by atoms with Crippen LogP contribution in [0.15, 0.2) is 49.1 Å². The second-order valence-electron chi connectivity index (χ2n) is 5.69. The number of aliphatic hydroxyl groups is 1. The molecule has 0 aliphatic heterocycles. The summed E-state index contributed by atoms with van der Waals surface area (Å²) in [5, 5.41) is 12.0. The number of rotatable bonds is 5. The molecule has 0 atom stereocenters. The number of carbonyl (C=O) groups is 1. The number of pyridine rings is 1. The molecule has 128 valence electrons. The molecule has 1 amide bonds. The van der Waals surface area contributed by atoms with Crippen molar-refractivity contribution < 1.29 is 9.90 Å². The predicted molar refractivity (Wildman–Crippen MR) is 95.6 cm³/mol. The first-order chi connectivity index (χ1) is 12.0. The molecule has 2 aromatic heterocycles. The van der Waals surface area contributed by atoms with Gasteiger partial charge in [0.05, 0.1) is 29.2 Å². The van der Waals surface area contributed by atoms with E-state index in [1.54, 1.807) is 12.5 Å². The van der Waals surface area contributed by atoms with Crippen molar-refractivity contribution in [2.24, 2.45) is 0 Å². The fourth-order valence-electron chi connectivity index (χ4n) is 2.43. The standard InChI is InChI=1S/C18H17ClN4O2/c1-12-3-2-4-13(5-12)8-23-9-17(21-11-23)22-18(25)14-6-15(19)16(10-24)20-7-14/h2-7,9,11,24H,8,10H2,1H3,(H,22,25). The molecule has 0 unspecified atom stereocenters. The lowest BCUT2D eigenvalue weighted by Crippen LogP contribution is -2.13. The van der Waals surface area contributed by atoms with E-state index in [1.165, 1.54) is 17.8 Å². The van der Waals surface area contributed by atoms with Crippen molar-refractivity contribution in [3.63, 3.8) is 0 Å². The number of amides is 1. The van der Waals surface area contributed by atoms with Crippen molar-refractivity contribution in [1.82, 2.24) is 14.5 Å². The quantitative estimate of drug-likeness (QED) is 0.736. The fourth-order valence-corrected chi connectivity index (χ4v) is 2.65. The minimum atomic E-state index is -0.361. The van der Waals surface area contributed by atoms with Crippen LogP contribution in [0.25, 0.3) is 0 Å². The Morgan fingerprint density at radius 2 is 2.16 bits per heavy atom. The monoisotopic (exact) mass is 356 g/mol. The van der Waals surface area contributed by atoms with Crippen LogP contribution in [-0.4, -0.2) is 25.5 Å². The van der Waals surface area contributed by atoms with Gasteiger partial charge in [-0.15, -0.1) is 0 Å². The van der Waals surface area contributed by atoms with Gasteiger partial charge in [0.25, 0.3) is 5.91 Å². The van der Waals surface area contributed by atoms with Crippen LogP contribution in [0.3, 0.4) is 0 Å². The van der Waals surface area contributed by atoms with Crippen molar-refractivity contribution in [1.29, 1.82) is 0 Å². The van der Waals surface area contributed by atoms with Crippen molar-refractivity contribution >= 4 is 23.3 Å². The van der Waals surface area contributed by atoms with Gasteiger partial charge in [0.1, 0.15) is 0 Å². The highest BCUT2D eigenvalue weighted by atomic mass is 35.5. The summed E-state index contributed by atoms with van der Waals surface area (Å²) in [6.07, 6.45) is 4.80. The molecular weight excluding hydrogens is 340 g/mol. The third-order valence-corrected chi connectivity index (χ3v) is 3.98. The summed E-state index contributed by atoms with van der Waals surface area (Å²) in [6, 6.07) is 9.68. The van der Waals surface area contributed by atoms with E-state index >= 15 is 0 Å². The Hall–Kier alpha value is -2.70. The maximum atomic E-state index is 12.3. The lowest BCUT2D eigenvalue weighted by molar-refractivity contribution is 0.102. The largest absolute Gasteiger partial charge is 0.390 e. The van der Waals surface area contributed by atoms with Crippen LogP contribution < -0.4 is 5.32 Å².